The summed E-state index contributed by atoms with van der Waals surface area (Å²) < 4.78 is 25.8. The van der Waals surface area contributed by atoms with Gasteiger partial charge in [-0.25, -0.2) is 8.42 Å². The minimum atomic E-state index is -3.33. The molecule has 4 nitrogen and oxygen atoms in total. The number of nitrogens with one attached hydrogen (secondary N) is 1. The van der Waals surface area contributed by atoms with E-state index in [0.717, 1.165) is 18.8 Å². The number of rotatable bonds is 5. The van der Waals surface area contributed by atoms with Gasteiger partial charge in [-0.15, -0.1) is 11.6 Å². The highest BCUT2D eigenvalue weighted by Gasteiger charge is 2.14. The molecule has 1 fully saturated rings. The van der Waals surface area contributed by atoms with E-state index in [1.807, 2.05) is 18.2 Å². The minimum Gasteiger partial charge on any atom is -0.371 e. The first-order chi connectivity index (χ1) is 8.61. The Morgan fingerprint density at radius 1 is 1.28 bits per heavy atom. The second-order valence-electron chi connectivity index (χ2n) is 4.35. The van der Waals surface area contributed by atoms with E-state index in [1.54, 1.807) is 6.07 Å². The molecule has 100 valence electrons. The minimum absolute atomic E-state index is 0.0670. The first-order valence-electron chi connectivity index (χ1n) is 6.02. The maximum Gasteiger partial charge on any atom is 0.233 e. The quantitative estimate of drug-likeness (QED) is 0.846. The second kappa shape index (κ2) is 5.80. The van der Waals surface area contributed by atoms with Crippen LogP contribution in [0.2, 0.25) is 0 Å². The van der Waals surface area contributed by atoms with Crippen molar-refractivity contribution in [2.45, 2.75) is 12.8 Å². The van der Waals surface area contributed by atoms with E-state index in [0.29, 0.717) is 5.69 Å². The third-order valence-corrected chi connectivity index (χ3v) is 4.64. The molecule has 1 heterocycles. The average Bonchev–Trinajstić information content (AvgIpc) is 2.81. The Morgan fingerprint density at radius 3 is 2.67 bits per heavy atom. The van der Waals surface area contributed by atoms with Crippen molar-refractivity contribution in [1.29, 1.82) is 0 Å². The van der Waals surface area contributed by atoms with E-state index in [1.165, 1.54) is 12.8 Å². The Bertz CT molecular complexity index is 499. The van der Waals surface area contributed by atoms with Crippen LogP contribution < -0.4 is 9.62 Å². The van der Waals surface area contributed by atoms with Crippen molar-refractivity contribution in [3.8, 4) is 0 Å². The molecule has 0 bridgehead atoms. The lowest BCUT2D eigenvalue weighted by molar-refractivity contribution is 0.602. The van der Waals surface area contributed by atoms with E-state index in [-0.39, 0.29) is 11.6 Å². The van der Waals surface area contributed by atoms with E-state index in [2.05, 4.69) is 9.62 Å². The van der Waals surface area contributed by atoms with Crippen LogP contribution in [-0.4, -0.2) is 33.1 Å². The van der Waals surface area contributed by atoms with Crippen LogP contribution in [0.5, 0.6) is 0 Å². The molecule has 6 heteroatoms. The van der Waals surface area contributed by atoms with E-state index in [9.17, 15) is 8.42 Å². The third-order valence-electron chi connectivity index (χ3n) is 2.94. The van der Waals surface area contributed by atoms with Gasteiger partial charge in [0.25, 0.3) is 0 Å². The first-order valence-corrected chi connectivity index (χ1v) is 8.21. The third kappa shape index (κ3) is 3.53. The second-order valence-corrected chi connectivity index (χ2v) is 6.57. The fraction of sp³-hybridized carbons (Fsp3) is 0.500. The van der Waals surface area contributed by atoms with Crippen molar-refractivity contribution in [3.63, 3.8) is 0 Å². The van der Waals surface area contributed by atoms with Gasteiger partial charge in [0.15, 0.2) is 0 Å². The van der Waals surface area contributed by atoms with Gasteiger partial charge >= 0.3 is 0 Å². The van der Waals surface area contributed by atoms with E-state index < -0.39 is 10.0 Å². The molecule has 1 aliphatic heterocycles. The molecule has 1 aliphatic rings. The van der Waals surface area contributed by atoms with Crippen LogP contribution in [0.4, 0.5) is 11.4 Å². The van der Waals surface area contributed by atoms with Gasteiger partial charge in [-0.05, 0) is 31.0 Å². The summed E-state index contributed by atoms with van der Waals surface area (Å²) in [5, 5.41) is 0. The Labute approximate surface area is 113 Å². The van der Waals surface area contributed by atoms with Crippen molar-refractivity contribution in [2.75, 3.05) is 34.3 Å². The first kappa shape index (κ1) is 13.5. The molecule has 18 heavy (non-hydrogen) atoms. The van der Waals surface area contributed by atoms with Crippen molar-refractivity contribution in [3.05, 3.63) is 24.3 Å². The van der Waals surface area contributed by atoms with Crippen LogP contribution in [0.15, 0.2) is 24.3 Å². The molecule has 2 rings (SSSR count). The molecule has 1 aromatic carbocycles. The molecular weight excluding hydrogens is 272 g/mol. The molecule has 0 amide bonds. The predicted octanol–water partition coefficient (Wildman–Crippen LogP) is 2.27. The number of halogens is 1. The number of benzene rings is 1. The molecule has 0 spiro atoms. The molecular formula is C12H17ClN2O2S. The molecule has 0 aliphatic carbocycles. The largest absolute Gasteiger partial charge is 0.371 e. The Hall–Kier alpha value is -0.940. The maximum absolute atomic E-state index is 11.6. The van der Waals surface area contributed by atoms with E-state index in [4.69, 9.17) is 11.6 Å². The monoisotopic (exact) mass is 288 g/mol. The Kier molecular flexibility index (Phi) is 4.35. The van der Waals surface area contributed by atoms with Crippen molar-refractivity contribution < 1.29 is 8.42 Å². The summed E-state index contributed by atoms with van der Waals surface area (Å²) in [5.41, 5.74) is 1.67. The van der Waals surface area contributed by atoms with Crippen LogP contribution in [0.1, 0.15) is 12.8 Å². The fourth-order valence-corrected chi connectivity index (χ4v) is 3.47. The molecule has 1 aromatic rings. The predicted molar refractivity (Wildman–Crippen MR) is 76.0 cm³/mol. The van der Waals surface area contributed by atoms with Gasteiger partial charge in [-0.2, -0.15) is 0 Å². The molecule has 1 saturated heterocycles. The Balaban J connectivity index is 2.12. The lowest BCUT2D eigenvalue weighted by Crippen LogP contribution is -2.19. The zero-order chi connectivity index (χ0) is 13.0. The molecule has 0 radical (unpaired) electrons. The lowest BCUT2D eigenvalue weighted by atomic mass is 10.2. The highest BCUT2D eigenvalue weighted by atomic mass is 35.5. The molecule has 0 aromatic heterocycles. The van der Waals surface area contributed by atoms with Gasteiger partial charge in [-0.3, -0.25) is 4.72 Å². The zero-order valence-electron chi connectivity index (χ0n) is 10.1. The summed E-state index contributed by atoms with van der Waals surface area (Å²) in [5.74, 6) is 0.0314. The molecule has 0 atom stereocenters. The maximum atomic E-state index is 11.6. The molecule has 0 unspecified atom stereocenters. The standard InChI is InChI=1S/C12H17ClN2O2S/c13-6-9-18(16,17)14-11-4-3-5-12(10-11)15-7-1-2-8-15/h3-5,10,14H,1-2,6-9H2. The van der Waals surface area contributed by atoms with Gasteiger partial charge in [0, 0.05) is 24.7 Å². The summed E-state index contributed by atoms with van der Waals surface area (Å²) in [7, 11) is -3.33. The number of nitrogens with zero attached hydrogens (tertiary/aromatic N) is 1. The highest BCUT2D eigenvalue weighted by Crippen LogP contribution is 2.23. The summed E-state index contributed by atoms with van der Waals surface area (Å²) in [6, 6.07) is 7.50. The zero-order valence-corrected chi connectivity index (χ0v) is 11.7. The van der Waals surface area contributed by atoms with Gasteiger partial charge in [0.05, 0.1) is 11.4 Å². The van der Waals surface area contributed by atoms with Crippen molar-refractivity contribution in [2.24, 2.45) is 0 Å². The van der Waals surface area contributed by atoms with Crippen molar-refractivity contribution >= 4 is 33.0 Å². The normalized spacial score (nSPS) is 15.9. The highest BCUT2D eigenvalue weighted by molar-refractivity contribution is 7.92. The fourth-order valence-electron chi connectivity index (χ4n) is 2.07. The molecule has 0 saturated carbocycles. The molecule has 1 N–H and O–H groups in total. The number of sulfonamides is 1. The van der Waals surface area contributed by atoms with Gasteiger partial charge < -0.3 is 4.90 Å². The van der Waals surface area contributed by atoms with Crippen LogP contribution >= 0.6 is 11.6 Å². The number of alkyl halides is 1. The average molecular weight is 289 g/mol. The van der Waals surface area contributed by atoms with Crippen LogP contribution in [0.3, 0.4) is 0 Å². The summed E-state index contributed by atoms with van der Waals surface area (Å²) >= 11 is 5.46. The Morgan fingerprint density at radius 2 is 2.00 bits per heavy atom. The summed E-state index contributed by atoms with van der Waals surface area (Å²) in [6.07, 6.45) is 2.39. The smallest absolute Gasteiger partial charge is 0.233 e. The SMILES string of the molecule is O=S(=O)(CCCl)Nc1cccc(N2CCCC2)c1. The van der Waals surface area contributed by atoms with E-state index >= 15 is 0 Å². The van der Waals surface area contributed by atoms with Gasteiger partial charge in [-0.1, -0.05) is 6.07 Å². The van der Waals surface area contributed by atoms with Gasteiger partial charge in [0.1, 0.15) is 0 Å². The number of hydrogen-bond acceptors (Lipinski definition) is 3. The topological polar surface area (TPSA) is 49.4 Å². The van der Waals surface area contributed by atoms with Crippen LogP contribution in [-0.2, 0) is 10.0 Å². The summed E-state index contributed by atoms with van der Waals surface area (Å²) in [6.45, 7) is 2.08. The number of hydrogen-bond donors (Lipinski definition) is 1. The number of anilines is 2. The lowest BCUT2D eigenvalue weighted by Gasteiger charge is -2.18. The summed E-state index contributed by atoms with van der Waals surface area (Å²) in [4.78, 5) is 2.26. The van der Waals surface area contributed by atoms with Crippen molar-refractivity contribution in [1.82, 2.24) is 0 Å². The van der Waals surface area contributed by atoms with Gasteiger partial charge in [0.2, 0.25) is 10.0 Å². The van der Waals surface area contributed by atoms with Crippen LogP contribution in [0, 0.1) is 0 Å². The van der Waals surface area contributed by atoms with Crippen LogP contribution in [0.25, 0.3) is 0 Å².